The topological polar surface area (TPSA) is 38.3 Å². The van der Waals surface area contributed by atoms with Crippen LogP contribution in [0.1, 0.15) is 40.5 Å². The normalized spacial score (nSPS) is 11.2. The summed E-state index contributed by atoms with van der Waals surface area (Å²) in [4.78, 5) is 9.96. The first-order valence-corrected chi connectivity index (χ1v) is 6.83. The molecular weight excluding hydrogens is 238 g/mol. The Morgan fingerprint density at radius 1 is 1.26 bits per heavy atom. The first kappa shape index (κ1) is 15.5. The Morgan fingerprint density at radius 3 is 2.21 bits per heavy atom. The van der Waals surface area contributed by atoms with Crippen LogP contribution in [0.5, 0.6) is 0 Å². The van der Waals surface area contributed by atoms with Crippen molar-refractivity contribution in [3.8, 4) is 11.1 Å². The molecule has 0 aromatic heterocycles. The van der Waals surface area contributed by atoms with Gasteiger partial charge in [0.2, 0.25) is 0 Å². The number of carbonyl (C=O) groups excluding carboxylic acids is 1. The molecule has 0 spiro atoms. The average molecular weight is 263 g/mol. The molecule has 0 radical (unpaired) electrons. The second kappa shape index (κ2) is 6.60. The zero-order valence-corrected chi connectivity index (χ0v) is 12.7. The lowest BCUT2D eigenvalue weighted by atomic mass is 9.92. The zero-order chi connectivity index (χ0) is 14.5. The first-order valence-electron chi connectivity index (χ1n) is 6.83. The van der Waals surface area contributed by atoms with E-state index < -0.39 is 0 Å². The van der Waals surface area contributed by atoms with Gasteiger partial charge in [-0.1, -0.05) is 45.9 Å². The number of hydrogen-bond acceptors (Lipinski definition) is 3. The van der Waals surface area contributed by atoms with Gasteiger partial charge in [0.1, 0.15) is 0 Å². The highest BCUT2D eigenvalue weighted by Gasteiger charge is 2.23. The Balaban J connectivity index is 0.000000258. The van der Waals surface area contributed by atoms with Gasteiger partial charge in [0.05, 0.1) is 12.8 Å². The van der Waals surface area contributed by atoms with Crippen molar-refractivity contribution >= 4 is 11.7 Å². The summed E-state index contributed by atoms with van der Waals surface area (Å²) in [5.74, 6) is -0.157. The molecule has 0 aliphatic heterocycles. The van der Waals surface area contributed by atoms with Gasteiger partial charge in [-0.2, -0.15) is 0 Å². The number of benzene rings is 1. The Morgan fingerprint density at radius 2 is 1.84 bits per heavy atom. The zero-order valence-electron chi connectivity index (χ0n) is 12.7. The van der Waals surface area contributed by atoms with Gasteiger partial charge in [-0.05, 0) is 11.8 Å². The lowest BCUT2D eigenvalue weighted by Crippen LogP contribution is -2.11. The van der Waals surface area contributed by atoms with Crippen LogP contribution in [0.2, 0.25) is 0 Å². The molecule has 2 aliphatic rings. The monoisotopic (exact) mass is 263 g/mol. The van der Waals surface area contributed by atoms with Crippen molar-refractivity contribution in [3.05, 3.63) is 18.2 Å². The second-order valence-corrected chi connectivity index (χ2v) is 5.90. The molecule has 106 valence electrons. The van der Waals surface area contributed by atoms with E-state index in [0.29, 0.717) is 11.8 Å². The standard InChI is InChI=1S/C12H17N.C4H8O2/c1-12(2,3)7-8-13-11-9-5-4-6-10(9)11;1-3-4(5)6-2/h4-6,13H,7-8H2,1-3H3;3H2,1-2H3. The molecule has 2 rings (SSSR count). The van der Waals surface area contributed by atoms with E-state index in [1.165, 1.54) is 30.3 Å². The minimum Gasteiger partial charge on any atom is -0.469 e. The van der Waals surface area contributed by atoms with Crippen LogP contribution in [-0.4, -0.2) is 19.6 Å². The molecule has 2 aliphatic carbocycles. The van der Waals surface area contributed by atoms with Crippen molar-refractivity contribution in [3.63, 3.8) is 0 Å². The van der Waals surface area contributed by atoms with Crippen molar-refractivity contribution in [1.82, 2.24) is 0 Å². The van der Waals surface area contributed by atoms with Gasteiger partial charge in [0.15, 0.2) is 0 Å². The van der Waals surface area contributed by atoms with Crippen LogP contribution in [0.3, 0.4) is 0 Å². The predicted octanol–water partition coefficient (Wildman–Crippen LogP) is 4.08. The molecule has 1 N–H and O–H groups in total. The van der Waals surface area contributed by atoms with Crippen LogP contribution in [0.25, 0.3) is 11.1 Å². The number of nitrogens with one attached hydrogen (secondary N) is 1. The van der Waals surface area contributed by atoms with E-state index in [9.17, 15) is 4.79 Å². The van der Waals surface area contributed by atoms with Gasteiger partial charge in [0.25, 0.3) is 0 Å². The SMILES string of the molecule is CC(C)(C)CCNc1c2cccc1-2.CCC(=O)OC. The number of hydrogen-bond donors (Lipinski definition) is 1. The third kappa shape index (κ3) is 5.33. The summed E-state index contributed by atoms with van der Waals surface area (Å²) >= 11 is 0. The first-order chi connectivity index (χ1) is 8.89. The number of anilines is 1. The molecule has 0 saturated heterocycles. The van der Waals surface area contributed by atoms with E-state index in [4.69, 9.17) is 0 Å². The molecule has 3 nitrogen and oxygen atoms in total. The van der Waals surface area contributed by atoms with E-state index in [1.54, 1.807) is 6.92 Å². The maximum Gasteiger partial charge on any atom is 0.305 e. The molecular formula is C16H25NO2. The summed E-state index contributed by atoms with van der Waals surface area (Å²) in [5.41, 5.74) is 4.67. The molecule has 0 bridgehead atoms. The van der Waals surface area contributed by atoms with E-state index >= 15 is 0 Å². The molecule has 19 heavy (non-hydrogen) atoms. The highest BCUT2D eigenvalue weighted by molar-refractivity contribution is 6.04. The summed E-state index contributed by atoms with van der Waals surface area (Å²) in [6.07, 6.45) is 1.69. The highest BCUT2D eigenvalue weighted by atomic mass is 16.5. The fraction of sp³-hybridized carbons (Fsp3) is 0.562. The molecule has 0 atom stereocenters. The van der Waals surface area contributed by atoms with E-state index in [2.05, 4.69) is 49.0 Å². The van der Waals surface area contributed by atoms with Crippen LogP contribution in [0.15, 0.2) is 18.2 Å². The van der Waals surface area contributed by atoms with Crippen molar-refractivity contribution in [2.45, 2.75) is 40.5 Å². The molecule has 0 aromatic rings. The Labute approximate surface area is 116 Å². The summed E-state index contributed by atoms with van der Waals surface area (Å²) in [7, 11) is 1.38. The van der Waals surface area contributed by atoms with E-state index in [1.807, 2.05) is 0 Å². The van der Waals surface area contributed by atoms with Crippen LogP contribution >= 0.6 is 0 Å². The van der Waals surface area contributed by atoms with Crippen molar-refractivity contribution in [2.75, 3.05) is 19.0 Å². The molecule has 0 saturated carbocycles. The minimum absolute atomic E-state index is 0.157. The summed E-state index contributed by atoms with van der Waals surface area (Å²) in [5, 5.41) is 3.48. The smallest absolute Gasteiger partial charge is 0.305 e. The lowest BCUT2D eigenvalue weighted by molar-refractivity contribution is -0.140. The van der Waals surface area contributed by atoms with Crippen molar-refractivity contribution in [1.29, 1.82) is 0 Å². The number of esters is 1. The summed E-state index contributed by atoms with van der Waals surface area (Å²) < 4.78 is 4.26. The molecule has 0 heterocycles. The lowest BCUT2D eigenvalue weighted by Gasteiger charge is -2.17. The minimum atomic E-state index is -0.157. The maximum absolute atomic E-state index is 9.96. The fourth-order valence-electron chi connectivity index (χ4n) is 1.70. The van der Waals surface area contributed by atoms with Crippen LogP contribution < -0.4 is 5.32 Å². The van der Waals surface area contributed by atoms with Gasteiger partial charge < -0.3 is 10.1 Å². The van der Waals surface area contributed by atoms with Crippen LogP contribution in [0, 0.1) is 5.41 Å². The second-order valence-electron chi connectivity index (χ2n) is 5.90. The van der Waals surface area contributed by atoms with Gasteiger partial charge >= 0.3 is 5.97 Å². The van der Waals surface area contributed by atoms with E-state index in [0.717, 1.165) is 6.54 Å². The van der Waals surface area contributed by atoms with Crippen LogP contribution in [0.4, 0.5) is 5.69 Å². The maximum atomic E-state index is 9.96. The van der Waals surface area contributed by atoms with Crippen molar-refractivity contribution in [2.24, 2.45) is 5.41 Å². The Kier molecular flexibility index (Phi) is 5.40. The number of methoxy groups -OCH3 is 1. The van der Waals surface area contributed by atoms with Crippen LogP contribution in [-0.2, 0) is 9.53 Å². The largest absolute Gasteiger partial charge is 0.469 e. The van der Waals surface area contributed by atoms with Gasteiger partial charge in [0, 0.05) is 24.1 Å². The highest BCUT2D eigenvalue weighted by Crippen LogP contribution is 2.48. The van der Waals surface area contributed by atoms with Gasteiger partial charge in [-0.15, -0.1) is 0 Å². The third-order valence-corrected chi connectivity index (χ3v) is 2.99. The third-order valence-electron chi connectivity index (χ3n) is 2.99. The summed E-state index contributed by atoms with van der Waals surface area (Å²) in [6, 6.07) is 6.46. The van der Waals surface area contributed by atoms with Crippen molar-refractivity contribution < 1.29 is 9.53 Å². The molecule has 0 unspecified atom stereocenters. The van der Waals surface area contributed by atoms with E-state index in [-0.39, 0.29) is 5.97 Å². The fourth-order valence-corrected chi connectivity index (χ4v) is 1.70. The number of para-hydroxylation sites is 1. The average Bonchev–Trinajstić information content (AvgIpc) is 2.79. The number of fused-ring (bicyclic) bond motifs is 1. The molecule has 0 fully saturated rings. The quantitative estimate of drug-likeness (QED) is 0.844. The molecule has 3 heteroatoms. The Bertz CT molecular complexity index is 407. The molecule has 0 aromatic carbocycles. The predicted molar refractivity (Wildman–Crippen MR) is 80.3 cm³/mol. The summed E-state index contributed by atoms with van der Waals surface area (Å²) in [6.45, 7) is 9.68. The Hall–Kier alpha value is -1.51. The number of carbonyl (C=O) groups is 1. The number of ether oxygens (including phenoxy) is 1. The molecule has 0 amide bonds. The number of rotatable bonds is 4. The van der Waals surface area contributed by atoms with Gasteiger partial charge in [-0.25, -0.2) is 0 Å². The van der Waals surface area contributed by atoms with Gasteiger partial charge in [-0.3, -0.25) is 4.79 Å².